The van der Waals surface area contributed by atoms with Gasteiger partial charge in [-0.2, -0.15) is 0 Å². The number of carbonyl (C=O) groups excluding carboxylic acids is 1. The van der Waals surface area contributed by atoms with E-state index in [-0.39, 0.29) is 5.91 Å². The number of imidazole rings is 1. The van der Waals surface area contributed by atoms with Crippen LogP contribution in [0, 0.1) is 13.8 Å². The third-order valence-corrected chi connectivity index (χ3v) is 3.83. The Morgan fingerprint density at radius 1 is 1.26 bits per heavy atom. The number of amides is 1. The Bertz CT molecular complexity index is 893. The van der Waals surface area contributed by atoms with Crippen molar-refractivity contribution in [2.24, 2.45) is 0 Å². The average Bonchev–Trinajstić information content (AvgIpc) is 2.95. The number of nitrogens with zero attached hydrogens (tertiary/aromatic N) is 2. The second-order valence-corrected chi connectivity index (χ2v) is 5.61. The first kappa shape index (κ1) is 15.0. The van der Waals surface area contributed by atoms with Crippen molar-refractivity contribution in [3.8, 4) is 5.69 Å². The summed E-state index contributed by atoms with van der Waals surface area (Å²) in [6.45, 7) is 8.22. The van der Waals surface area contributed by atoms with Gasteiger partial charge in [0.05, 0.1) is 16.7 Å². The highest BCUT2D eigenvalue weighted by atomic mass is 16.1. The molecule has 2 aromatic carbocycles. The molecule has 23 heavy (non-hydrogen) atoms. The fraction of sp³-hybridized carbons (Fsp3) is 0.158. The Balaban J connectivity index is 2.02. The summed E-state index contributed by atoms with van der Waals surface area (Å²) >= 11 is 0. The smallest absolute Gasteiger partial charge is 0.251 e. The maximum Gasteiger partial charge on any atom is 0.251 e. The van der Waals surface area contributed by atoms with Gasteiger partial charge in [-0.3, -0.25) is 9.36 Å². The predicted molar refractivity (Wildman–Crippen MR) is 93.1 cm³/mol. The maximum atomic E-state index is 12.0. The van der Waals surface area contributed by atoms with Crippen molar-refractivity contribution in [1.82, 2.24) is 14.9 Å². The first-order chi connectivity index (χ1) is 11.1. The van der Waals surface area contributed by atoms with Gasteiger partial charge in [-0.05, 0) is 43.7 Å². The summed E-state index contributed by atoms with van der Waals surface area (Å²) in [7, 11) is 0. The number of aryl methyl sites for hydroxylation is 2. The van der Waals surface area contributed by atoms with Crippen LogP contribution in [-0.2, 0) is 0 Å². The Hall–Kier alpha value is -2.88. The third kappa shape index (κ3) is 2.88. The first-order valence-corrected chi connectivity index (χ1v) is 7.54. The number of hydrogen-bond donors (Lipinski definition) is 1. The maximum absolute atomic E-state index is 12.0. The summed E-state index contributed by atoms with van der Waals surface area (Å²) in [4.78, 5) is 16.5. The SMILES string of the molecule is C=CCNC(=O)c1ccc2c(c1)ncn2-c1ccc(C)cc1C. The van der Waals surface area contributed by atoms with Crippen LogP contribution < -0.4 is 5.32 Å². The van der Waals surface area contributed by atoms with Crippen molar-refractivity contribution >= 4 is 16.9 Å². The molecule has 0 spiro atoms. The van der Waals surface area contributed by atoms with Gasteiger partial charge in [0.15, 0.2) is 0 Å². The lowest BCUT2D eigenvalue weighted by Gasteiger charge is -2.09. The molecule has 1 aromatic heterocycles. The van der Waals surface area contributed by atoms with Crippen molar-refractivity contribution in [3.05, 3.63) is 72.1 Å². The number of nitrogens with one attached hydrogen (secondary N) is 1. The Labute approximate surface area is 135 Å². The lowest BCUT2D eigenvalue weighted by molar-refractivity contribution is 0.0958. The lowest BCUT2D eigenvalue weighted by atomic mass is 10.1. The van der Waals surface area contributed by atoms with E-state index in [1.54, 1.807) is 12.4 Å². The van der Waals surface area contributed by atoms with Crippen LogP contribution in [-0.4, -0.2) is 22.0 Å². The molecule has 0 saturated carbocycles. The molecule has 0 aliphatic heterocycles. The fourth-order valence-electron chi connectivity index (χ4n) is 2.69. The van der Waals surface area contributed by atoms with E-state index in [4.69, 9.17) is 0 Å². The minimum Gasteiger partial charge on any atom is -0.349 e. The quantitative estimate of drug-likeness (QED) is 0.749. The summed E-state index contributed by atoms with van der Waals surface area (Å²) in [5, 5.41) is 2.78. The summed E-state index contributed by atoms with van der Waals surface area (Å²) in [6, 6.07) is 11.9. The number of rotatable bonds is 4. The summed E-state index contributed by atoms with van der Waals surface area (Å²) < 4.78 is 2.05. The molecule has 1 N–H and O–H groups in total. The van der Waals surface area contributed by atoms with E-state index < -0.39 is 0 Å². The minimum atomic E-state index is -0.118. The van der Waals surface area contributed by atoms with Crippen molar-refractivity contribution in [2.75, 3.05) is 6.54 Å². The highest BCUT2D eigenvalue weighted by molar-refractivity contribution is 5.97. The molecule has 0 aliphatic rings. The summed E-state index contributed by atoms with van der Waals surface area (Å²) in [5.74, 6) is -0.118. The van der Waals surface area contributed by atoms with E-state index in [2.05, 4.69) is 53.5 Å². The van der Waals surface area contributed by atoms with Crippen LogP contribution in [0.5, 0.6) is 0 Å². The molecule has 1 amide bonds. The summed E-state index contributed by atoms with van der Waals surface area (Å²) in [5.41, 5.74) is 5.91. The molecular formula is C19H19N3O. The zero-order valence-electron chi connectivity index (χ0n) is 13.3. The topological polar surface area (TPSA) is 46.9 Å². The molecule has 0 aliphatic carbocycles. The van der Waals surface area contributed by atoms with Gasteiger partial charge in [0.25, 0.3) is 5.91 Å². The molecule has 116 valence electrons. The van der Waals surface area contributed by atoms with Gasteiger partial charge in [-0.15, -0.1) is 6.58 Å². The molecule has 0 radical (unpaired) electrons. The fourth-order valence-corrected chi connectivity index (χ4v) is 2.69. The molecule has 0 atom stereocenters. The van der Waals surface area contributed by atoms with Crippen LogP contribution in [0.1, 0.15) is 21.5 Å². The highest BCUT2D eigenvalue weighted by Gasteiger charge is 2.10. The van der Waals surface area contributed by atoms with Crippen molar-refractivity contribution in [3.63, 3.8) is 0 Å². The number of aromatic nitrogens is 2. The lowest BCUT2D eigenvalue weighted by Crippen LogP contribution is -2.23. The van der Waals surface area contributed by atoms with E-state index in [0.717, 1.165) is 16.7 Å². The Morgan fingerprint density at radius 3 is 2.83 bits per heavy atom. The largest absolute Gasteiger partial charge is 0.349 e. The van der Waals surface area contributed by atoms with Gasteiger partial charge in [-0.1, -0.05) is 23.8 Å². The molecule has 4 heteroatoms. The van der Waals surface area contributed by atoms with Crippen LogP contribution >= 0.6 is 0 Å². The van der Waals surface area contributed by atoms with Crippen LogP contribution in [0.15, 0.2) is 55.4 Å². The first-order valence-electron chi connectivity index (χ1n) is 7.54. The van der Waals surface area contributed by atoms with E-state index in [1.165, 1.54) is 11.1 Å². The minimum absolute atomic E-state index is 0.118. The van der Waals surface area contributed by atoms with Gasteiger partial charge in [0, 0.05) is 12.1 Å². The Kier molecular flexibility index (Phi) is 3.98. The monoisotopic (exact) mass is 305 g/mol. The second kappa shape index (κ2) is 6.08. The molecular weight excluding hydrogens is 286 g/mol. The number of carbonyl (C=O) groups is 1. The number of benzene rings is 2. The van der Waals surface area contributed by atoms with Crippen LogP contribution in [0.3, 0.4) is 0 Å². The molecule has 0 saturated heterocycles. The zero-order valence-corrected chi connectivity index (χ0v) is 13.3. The van der Waals surface area contributed by atoms with Crippen molar-refractivity contribution < 1.29 is 4.79 Å². The van der Waals surface area contributed by atoms with E-state index in [9.17, 15) is 4.79 Å². The van der Waals surface area contributed by atoms with Gasteiger partial charge < -0.3 is 5.32 Å². The van der Waals surface area contributed by atoms with E-state index in [0.29, 0.717) is 12.1 Å². The zero-order chi connectivity index (χ0) is 16.4. The van der Waals surface area contributed by atoms with Gasteiger partial charge >= 0.3 is 0 Å². The van der Waals surface area contributed by atoms with Crippen LogP contribution in [0.4, 0.5) is 0 Å². The van der Waals surface area contributed by atoms with Gasteiger partial charge in [-0.25, -0.2) is 4.98 Å². The van der Waals surface area contributed by atoms with E-state index in [1.807, 2.05) is 18.2 Å². The summed E-state index contributed by atoms with van der Waals surface area (Å²) in [6.07, 6.45) is 3.46. The molecule has 0 bridgehead atoms. The molecule has 3 rings (SSSR count). The van der Waals surface area contributed by atoms with Gasteiger partial charge in [0.1, 0.15) is 6.33 Å². The van der Waals surface area contributed by atoms with Crippen molar-refractivity contribution in [2.45, 2.75) is 13.8 Å². The van der Waals surface area contributed by atoms with Crippen molar-refractivity contribution in [1.29, 1.82) is 0 Å². The third-order valence-electron chi connectivity index (χ3n) is 3.83. The van der Waals surface area contributed by atoms with Crippen LogP contribution in [0.25, 0.3) is 16.7 Å². The molecule has 1 heterocycles. The predicted octanol–water partition coefficient (Wildman–Crippen LogP) is 3.56. The highest BCUT2D eigenvalue weighted by Crippen LogP contribution is 2.22. The van der Waals surface area contributed by atoms with Crippen LogP contribution in [0.2, 0.25) is 0 Å². The molecule has 3 aromatic rings. The number of fused-ring (bicyclic) bond motifs is 1. The van der Waals surface area contributed by atoms with E-state index >= 15 is 0 Å². The normalized spacial score (nSPS) is 10.7. The van der Waals surface area contributed by atoms with Gasteiger partial charge in [0.2, 0.25) is 0 Å². The molecule has 4 nitrogen and oxygen atoms in total. The Morgan fingerprint density at radius 2 is 2.09 bits per heavy atom. The molecule has 0 unspecified atom stereocenters. The average molecular weight is 305 g/mol. The second-order valence-electron chi connectivity index (χ2n) is 5.61. The molecule has 0 fully saturated rings. The standard InChI is InChI=1S/C19H19N3O/c1-4-9-20-19(23)15-6-8-18-16(11-15)21-12-22(18)17-7-5-13(2)10-14(17)3/h4-8,10-12H,1,9H2,2-3H3,(H,20,23). The number of hydrogen-bond acceptors (Lipinski definition) is 2.